The first-order valence-electron chi connectivity index (χ1n) is 33.4. The topological polar surface area (TPSA) is 242 Å². The Bertz CT molecular complexity index is 2790. The first-order valence-corrected chi connectivity index (χ1v) is 33.4. The molecular weight excluding hydrogens is 1120 g/mol. The van der Waals surface area contributed by atoms with Crippen LogP contribution in [-0.4, -0.2) is 114 Å². The molecule has 7 fully saturated rings. The molecule has 2 spiro atoms. The molecule has 9 aliphatic rings. The van der Waals surface area contributed by atoms with Gasteiger partial charge in [0.25, 0.3) is 0 Å². The van der Waals surface area contributed by atoms with Crippen molar-refractivity contribution in [3.8, 4) is 11.5 Å². The van der Waals surface area contributed by atoms with Crippen LogP contribution in [0, 0.1) is 75.9 Å². The van der Waals surface area contributed by atoms with E-state index >= 15 is 0 Å². The van der Waals surface area contributed by atoms with Crippen LogP contribution in [0.1, 0.15) is 230 Å². The number of rotatable bonds is 13. The third-order valence-corrected chi connectivity index (χ3v) is 26.0. The molecule has 87 heavy (non-hydrogen) atoms. The normalized spacial score (nSPS) is 44.8. The number of carboxylic acid groups (broad SMARTS) is 2. The van der Waals surface area contributed by atoms with Gasteiger partial charge in [0.2, 0.25) is 5.79 Å². The predicted molar refractivity (Wildman–Crippen MR) is 326 cm³/mol. The number of carbonyl (C=O) groups excluding carboxylic acids is 2. The number of phenols is 2. The zero-order valence-corrected chi connectivity index (χ0v) is 58.1. The number of fused-ring (bicyclic) bond motifs is 7. The standard InChI is InChI=1S/C42H70O11.C29H40O4.Na/c1-11-29(38(46)47)31-15-14-23(4)36(50-31)27(8)34(44)26(7)35(45)30(12-2)37-24(5)22-25(6)41(51-37)19-16-32(43)42(53-41)21-20-39(10,52-42)33-17-18-40(48,13-3)28(9)49-33;1-17-18-7-8-21-27(4,19(18)15-20(30)23(17)31)12-14-29(6)22-16-26(3,24(32)33)10-9-25(22,2)11-13-28(21,29)5;/h16,19,23-34,36-37,43-44,48H,11-15,17-18,20-22H2,1-10H3,(H,46,47);8,15,22,30-31H,7,9-14,16H2,1-6H3,(H,32,33);/q;;+1/p-1. The zero-order valence-electron chi connectivity index (χ0n) is 56.1. The summed E-state index contributed by atoms with van der Waals surface area (Å²) in [6.45, 7) is 33.0. The number of allylic oxidation sites excluding steroid dienone is 2. The number of aromatic hydroxyl groups is 2. The summed E-state index contributed by atoms with van der Waals surface area (Å²) in [4.78, 5) is 38.5. The minimum absolute atomic E-state index is 0. The van der Waals surface area contributed by atoms with E-state index in [1.807, 2.05) is 61.5 Å². The summed E-state index contributed by atoms with van der Waals surface area (Å²) in [5.74, 6) is -6.52. The van der Waals surface area contributed by atoms with E-state index in [1.165, 1.54) is 11.1 Å². The van der Waals surface area contributed by atoms with Crippen LogP contribution in [0.15, 0.2) is 29.9 Å². The average Bonchev–Trinajstić information content (AvgIpc) is 1.03. The van der Waals surface area contributed by atoms with Crippen LogP contribution in [0.3, 0.4) is 0 Å². The maximum absolute atomic E-state index is 14.4. The van der Waals surface area contributed by atoms with Gasteiger partial charge in [-0.1, -0.05) is 94.7 Å². The minimum Gasteiger partial charge on any atom is -0.550 e. The molecule has 6 N–H and O–H groups in total. The molecule has 5 aliphatic heterocycles. The number of aliphatic carboxylic acids is 2. The molecule has 15 nitrogen and oxygen atoms in total. The fourth-order valence-electron chi connectivity index (χ4n) is 19.4. The monoisotopic (exact) mass is 1220 g/mol. The van der Waals surface area contributed by atoms with Crippen molar-refractivity contribution in [3.63, 3.8) is 0 Å². The van der Waals surface area contributed by atoms with Gasteiger partial charge in [-0.05, 0) is 206 Å². The number of carbonyl (C=O) groups is 3. The van der Waals surface area contributed by atoms with Gasteiger partial charge in [-0.15, -0.1) is 0 Å². The average molecular weight is 1230 g/mol. The van der Waals surface area contributed by atoms with Crippen molar-refractivity contribution < 1.29 is 103 Å². The second-order valence-corrected chi connectivity index (χ2v) is 31.0. The van der Waals surface area contributed by atoms with Crippen molar-refractivity contribution >= 4 is 17.7 Å². The van der Waals surface area contributed by atoms with Crippen LogP contribution in [0.2, 0.25) is 0 Å². The predicted octanol–water partition coefficient (Wildman–Crippen LogP) is 8.50. The van der Waals surface area contributed by atoms with Gasteiger partial charge >= 0.3 is 35.5 Å². The molecule has 0 radical (unpaired) electrons. The Morgan fingerprint density at radius 1 is 0.805 bits per heavy atom. The van der Waals surface area contributed by atoms with Crippen molar-refractivity contribution in [2.24, 2.45) is 69.0 Å². The molecule has 5 heterocycles. The van der Waals surface area contributed by atoms with E-state index < -0.39 is 94.3 Å². The Balaban J connectivity index is 0.000000247. The molecular formula is C71H109NaO15. The zero-order chi connectivity index (χ0) is 63.4. The van der Waals surface area contributed by atoms with Crippen molar-refractivity contribution in [2.75, 3.05) is 0 Å². The van der Waals surface area contributed by atoms with Gasteiger partial charge in [0, 0.05) is 47.4 Å². The van der Waals surface area contributed by atoms with Gasteiger partial charge in [0.05, 0.1) is 53.2 Å². The molecule has 4 aliphatic carbocycles. The van der Waals surface area contributed by atoms with E-state index in [2.05, 4.69) is 54.5 Å². The Morgan fingerprint density at radius 3 is 2.09 bits per heavy atom. The van der Waals surface area contributed by atoms with Gasteiger partial charge in [0.1, 0.15) is 11.9 Å². The number of aliphatic hydroxyl groups is 3. The first kappa shape index (κ1) is 70.5. The molecule has 10 rings (SSSR count). The number of ketones is 1. The van der Waals surface area contributed by atoms with Crippen LogP contribution < -0.4 is 34.7 Å². The summed E-state index contributed by atoms with van der Waals surface area (Å²) in [7, 11) is 0. The number of hydrogen-bond acceptors (Lipinski definition) is 14. The van der Waals surface area contributed by atoms with Gasteiger partial charge in [-0.2, -0.15) is 0 Å². The third-order valence-electron chi connectivity index (χ3n) is 26.0. The molecule has 0 bridgehead atoms. The quantitative estimate of drug-likeness (QED) is 0.0616. The summed E-state index contributed by atoms with van der Waals surface area (Å²) in [5.41, 5.74) is 2.37. The Labute approximate surface area is 542 Å². The molecule has 1 aromatic rings. The van der Waals surface area contributed by atoms with Crippen LogP contribution in [0.25, 0.3) is 0 Å². The maximum Gasteiger partial charge on any atom is 1.00 e. The number of aliphatic hydroxyl groups excluding tert-OH is 2. The van der Waals surface area contributed by atoms with Gasteiger partial charge in [-0.3, -0.25) is 9.59 Å². The number of Topliss-reactive ketones (excluding diaryl/α,β-unsaturated/α-hetero) is 1. The molecule has 0 amide bonds. The van der Waals surface area contributed by atoms with E-state index in [9.17, 15) is 50.1 Å². The van der Waals surface area contributed by atoms with Crippen molar-refractivity contribution in [2.45, 2.75) is 297 Å². The number of phenolic OH excluding ortho intramolecular Hbond substituents is 2. The first-order chi connectivity index (χ1) is 40.0. The molecule has 24 atom stereocenters. The Hall–Kier alpha value is -2.41. The van der Waals surface area contributed by atoms with Crippen molar-refractivity contribution in [1.29, 1.82) is 0 Å². The van der Waals surface area contributed by atoms with E-state index in [0.29, 0.717) is 63.7 Å². The summed E-state index contributed by atoms with van der Waals surface area (Å²) in [6, 6.07) is 1.81. The molecule has 3 saturated carbocycles. The molecule has 0 aromatic heterocycles. The smallest absolute Gasteiger partial charge is 0.550 e. The molecule has 24 unspecified atom stereocenters. The SMILES string of the molecule is CCC(C(=O)[O-])C1CCC(C)C(C(C)C(O)C(C)C(=O)C(CC)C2OC3(C=CC(O)C4(CCC(C)(C5CCC(O)(CC)C(C)O5)O4)O3)C(C)CC2C)O1.Cc1c(O)c(O)cc2c1CC=C1C2(C)CCC2(C)C3CC(C)(C(=O)O)CCC3(C)CCC12C.[Na+]. The fourth-order valence-corrected chi connectivity index (χ4v) is 19.4. The summed E-state index contributed by atoms with van der Waals surface area (Å²) < 4.78 is 33.4. The summed E-state index contributed by atoms with van der Waals surface area (Å²) in [5, 5.41) is 76.9. The van der Waals surface area contributed by atoms with Gasteiger partial charge < -0.3 is 64.2 Å². The van der Waals surface area contributed by atoms with Crippen LogP contribution in [-0.2, 0) is 49.9 Å². The van der Waals surface area contributed by atoms with E-state index in [4.69, 9.17) is 23.7 Å². The molecule has 1 aromatic carbocycles. The maximum atomic E-state index is 14.4. The number of ether oxygens (including phenoxy) is 5. The fraction of sp³-hybridized carbons (Fsp3) is 0.817. The van der Waals surface area contributed by atoms with Crippen LogP contribution in [0.4, 0.5) is 0 Å². The van der Waals surface area contributed by atoms with Gasteiger partial charge in [-0.25, -0.2) is 0 Å². The molecule has 16 heteroatoms. The van der Waals surface area contributed by atoms with E-state index in [-0.39, 0.29) is 98.5 Å². The number of benzene rings is 1. The molecule has 4 saturated heterocycles. The second-order valence-electron chi connectivity index (χ2n) is 31.0. The van der Waals surface area contributed by atoms with Crippen molar-refractivity contribution in [3.05, 3.63) is 46.6 Å². The Morgan fingerprint density at radius 2 is 1.47 bits per heavy atom. The van der Waals surface area contributed by atoms with Crippen molar-refractivity contribution in [1.82, 2.24) is 0 Å². The van der Waals surface area contributed by atoms with Crippen LogP contribution >= 0.6 is 0 Å². The van der Waals surface area contributed by atoms with E-state index in [0.717, 1.165) is 68.9 Å². The number of hydrogen-bond donors (Lipinski definition) is 6. The molecule has 484 valence electrons. The van der Waals surface area contributed by atoms with Gasteiger partial charge in [0.15, 0.2) is 17.3 Å². The van der Waals surface area contributed by atoms with E-state index in [1.54, 1.807) is 19.1 Å². The summed E-state index contributed by atoms with van der Waals surface area (Å²) in [6.07, 6.45) is 15.3. The minimum atomic E-state index is -1.37. The Kier molecular flexibility index (Phi) is 20.4. The third kappa shape index (κ3) is 11.8. The largest absolute Gasteiger partial charge is 1.00 e. The van der Waals surface area contributed by atoms with Crippen LogP contribution in [0.5, 0.6) is 11.5 Å². The summed E-state index contributed by atoms with van der Waals surface area (Å²) >= 11 is 0. The number of carboxylic acids is 2. The second kappa shape index (κ2) is 25.1.